The molecule has 2 N–H and O–H groups in total. The van der Waals surface area contributed by atoms with Crippen LogP contribution in [0.2, 0.25) is 0 Å². The first-order valence-corrected chi connectivity index (χ1v) is 5.10. The first-order valence-electron chi connectivity index (χ1n) is 5.10. The van der Waals surface area contributed by atoms with Crippen molar-refractivity contribution >= 4 is 0 Å². The monoisotopic (exact) mass is 181 g/mol. The van der Waals surface area contributed by atoms with Crippen molar-refractivity contribution in [2.75, 3.05) is 6.54 Å². The minimum Gasteiger partial charge on any atom is -0.345 e. The molecule has 1 aromatic rings. The maximum Gasteiger partial charge on any atom is 0.106 e. The number of aromatic nitrogens is 2. The van der Waals surface area contributed by atoms with Gasteiger partial charge in [-0.3, -0.25) is 0 Å². The number of nitrogens with zero attached hydrogens (tertiary/aromatic N) is 1. The molecule has 0 aliphatic carbocycles. The zero-order chi connectivity index (χ0) is 9.52. The summed E-state index contributed by atoms with van der Waals surface area (Å²) in [4.78, 5) is 7.59. The lowest BCUT2D eigenvalue weighted by atomic mass is 10.3. The van der Waals surface area contributed by atoms with Crippen LogP contribution in [0.1, 0.15) is 38.2 Å². The molecule has 0 radical (unpaired) electrons. The lowest BCUT2D eigenvalue weighted by molar-refractivity contribution is 0.665. The van der Waals surface area contributed by atoms with Gasteiger partial charge in [0.1, 0.15) is 5.82 Å². The van der Waals surface area contributed by atoms with Crippen LogP contribution in [0.15, 0.2) is 6.20 Å². The van der Waals surface area contributed by atoms with E-state index < -0.39 is 0 Å². The lowest BCUT2D eigenvalue weighted by Crippen LogP contribution is -2.13. The maximum atomic E-state index is 4.29. The van der Waals surface area contributed by atoms with Crippen LogP contribution in [0.3, 0.4) is 0 Å². The summed E-state index contributed by atoms with van der Waals surface area (Å²) >= 11 is 0. The Labute approximate surface area is 80.0 Å². The van der Waals surface area contributed by atoms with Crippen molar-refractivity contribution in [3.8, 4) is 0 Å². The van der Waals surface area contributed by atoms with Crippen LogP contribution < -0.4 is 5.32 Å². The lowest BCUT2D eigenvalue weighted by Gasteiger charge is -1.98. The topological polar surface area (TPSA) is 40.7 Å². The van der Waals surface area contributed by atoms with Crippen molar-refractivity contribution in [3.05, 3.63) is 17.7 Å². The summed E-state index contributed by atoms with van der Waals surface area (Å²) in [6.45, 7) is 6.31. The molecule has 0 bridgehead atoms. The third-order valence-corrected chi connectivity index (χ3v) is 1.91. The molecule has 1 rings (SSSR count). The molecule has 1 aromatic heterocycles. The summed E-state index contributed by atoms with van der Waals surface area (Å²) < 4.78 is 0. The molecule has 3 heteroatoms. The van der Waals surface area contributed by atoms with E-state index in [0.29, 0.717) is 0 Å². The Morgan fingerprint density at radius 1 is 1.38 bits per heavy atom. The van der Waals surface area contributed by atoms with Crippen molar-refractivity contribution in [1.29, 1.82) is 0 Å². The highest BCUT2D eigenvalue weighted by Crippen LogP contribution is 1.99. The predicted octanol–water partition coefficient (Wildman–Crippen LogP) is 1.86. The first-order chi connectivity index (χ1) is 6.36. The van der Waals surface area contributed by atoms with Gasteiger partial charge in [-0.05, 0) is 19.4 Å². The van der Waals surface area contributed by atoms with Gasteiger partial charge < -0.3 is 10.3 Å². The molecule has 0 unspecified atom stereocenters. The number of aromatic amines is 1. The van der Waals surface area contributed by atoms with Crippen LogP contribution in [-0.2, 0) is 13.0 Å². The van der Waals surface area contributed by atoms with Gasteiger partial charge in [0.25, 0.3) is 0 Å². The van der Waals surface area contributed by atoms with Crippen molar-refractivity contribution < 1.29 is 0 Å². The molecule has 0 saturated heterocycles. The fourth-order valence-electron chi connectivity index (χ4n) is 1.26. The van der Waals surface area contributed by atoms with Crippen molar-refractivity contribution in [2.45, 2.75) is 39.7 Å². The second kappa shape index (κ2) is 5.75. The van der Waals surface area contributed by atoms with E-state index in [1.54, 1.807) is 0 Å². The van der Waals surface area contributed by atoms with Gasteiger partial charge in [0, 0.05) is 24.9 Å². The number of hydrogen-bond donors (Lipinski definition) is 2. The molecular formula is C10H19N3. The Kier molecular flexibility index (Phi) is 4.54. The highest BCUT2D eigenvalue weighted by Gasteiger charge is 1.98. The van der Waals surface area contributed by atoms with E-state index in [4.69, 9.17) is 0 Å². The number of hydrogen-bond acceptors (Lipinski definition) is 2. The van der Waals surface area contributed by atoms with Gasteiger partial charge >= 0.3 is 0 Å². The third-order valence-electron chi connectivity index (χ3n) is 1.91. The number of nitrogens with one attached hydrogen (secondary N) is 2. The molecule has 0 aliphatic rings. The van der Waals surface area contributed by atoms with E-state index in [1.807, 2.05) is 6.20 Å². The van der Waals surface area contributed by atoms with Crippen LogP contribution in [-0.4, -0.2) is 16.5 Å². The van der Waals surface area contributed by atoms with Gasteiger partial charge in [0.2, 0.25) is 0 Å². The summed E-state index contributed by atoms with van der Waals surface area (Å²) in [5.41, 5.74) is 1.19. The molecular weight excluding hydrogens is 162 g/mol. The number of H-pyrrole nitrogens is 1. The van der Waals surface area contributed by atoms with E-state index in [2.05, 4.69) is 29.1 Å². The fourth-order valence-corrected chi connectivity index (χ4v) is 1.26. The van der Waals surface area contributed by atoms with Gasteiger partial charge in [0.15, 0.2) is 0 Å². The van der Waals surface area contributed by atoms with Crippen LogP contribution in [0.5, 0.6) is 0 Å². The molecule has 3 nitrogen and oxygen atoms in total. The fraction of sp³-hybridized carbons (Fsp3) is 0.700. The van der Waals surface area contributed by atoms with E-state index in [-0.39, 0.29) is 0 Å². The predicted molar refractivity (Wildman–Crippen MR) is 54.6 cm³/mol. The van der Waals surface area contributed by atoms with Crippen molar-refractivity contribution in [1.82, 2.24) is 15.3 Å². The van der Waals surface area contributed by atoms with Gasteiger partial charge in [-0.2, -0.15) is 0 Å². The summed E-state index contributed by atoms with van der Waals surface area (Å²) in [6, 6.07) is 0. The Morgan fingerprint density at radius 3 is 2.92 bits per heavy atom. The Morgan fingerprint density at radius 2 is 2.23 bits per heavy atom. The molecule has 0 atom stereocenters. The number of imidazole rings is 1. The van der Waals surface area contributed by atoms with Gasteiger partial charge in [-0.15, -0.1) is 0 Å². The zero-order valence-corrected chi connectivity index (χ0v) is 8.56. The summed E-state index contributed by atoms with van der Waals surface area (Å²) in [5, 5.41) is 3.34. The molecule has 74 valence electrons. The Balaban J connectivity index is 2.31. The highest BCUT2D eigenvalue weighted by atomic mass is 15.0. The molecule has 0 aliphatic heterocycles. The molecule has 13 heavy (non-hydrogen) atoms. The van der Waals surface area contributed by atoms with Crippen molar-refractivity contribution in [2.24, 2.45) is 0 Å². The average Bonchev–Trinajstić information content (AvgIpc) is 2.54. The van der Waals surface area contributed by atoms with Crippen LogP contribution in [0, 0.1) is 0 Å². The molecule has 0 amide bonds. The largest absolute Gasteiger partial charge is 0.345 e. The number of aryl methyl sites for hydroxylation is 1. The SMILES string of the molecule is CCCNCc1cnc(CCC)[nH]1. The first kappa shape index (κ1) is 10.3. The van der Waals surface area contributed by atoms with Crippen LogP contribution in [0.4, 0.5) is 0 Å². The van der Waals surface area contributed by atoms with E-state index in [1.165, 1.54) is 12.1 Å². The standard InChI is InChI=1S/C10H19N3/c1-3-5-10-12-8-9(13-10)7-11-6-4-2/h8,11H,3-7H2,1-2H3,(H,12,13). The normalized spacial score (nSPS) is 10.6. The van der Waals surface area contributed by atoms with Gasteiger partial charge in [-0.25, -0.2) is 4.98 Å². The average molecular weight is 181 g/mol. The van der Waals surface area contributed by atoms with Gasteiger partial charge in [0.05, 0.1) is 0 Å². The second-order valence-corrected chi connectivity index (χ2v) is 3.28. The van der Waals surface area contributed by atoms with Crippen LogP contribution >= 0.6 is 0 Å². The smallest absolute Gasteiger partial charge is 0.106 e. The Hall–Kier alpha value is -0.830. The van der Waals surface area contributed by atoms with Gasteiger partial charge in [-0.1, -0.05) is 13.8 Å². The second-order valence-electron chi connectivity index (χ2n) is 3.28. The quantitative estimate of drug-likeness (QED) is 0.658. The minimum atomic E-state index is 0.907. The van der Waals surface area contributed by atoms with E-state index >= 15 is 0 Å². The third kappa shape index (κ3) is 3.59. The molecule has 0 spiro atoms. The summed E-state index contributed by atoms with van der Waals surface area (Å²) in [5.74, 6) is 1.11. The van der Waals surface area contributed by atoms with Crippen LogP contribution in [0.25, 0.3) is 0 Å². The summed E-state index contributed by atoms with van der Waals surface area (Å²) in [6.07, 6.45) is 5.30. The molecule has 1 heterocycles. The van der Waals surface area contributed by atoms with Crippen molar-refractivity contribution in [3.63, 3.8) is 0 Å². The minimum absolute atomic E-state index is 0.907. The maximum absolute atomic E-state index is 4.29. The number of rotatable bonds is 6. The van der Waals surface area contributed by atoms with E-state index in [0.717, 1.165) is 31.8 Å². The summed E-state index contributed by atoms with van der Waals surface area (Å²) in [7, 11) is 0. The zero-order valence-electron chi connectivity index (χ0n) is 8.56. The van der Waals surface area contributed by atoms with E-state index in [9.17, 15) is 0 Å². The Bertz CT molecular complexity index is 230. The molecule has 0 fully saturated rings. The highest BCUT2D eigenvalue weighted by molar-refractivity contribution is 5.00. The molecule has 0 saturated carbocycles. The molecule has 0 aromatic carbocycles.